The summed E-state index contributed by atoms with van der Waals surface area (Å²) in [5, 5.41) is 13.1. The minimum Gasteiger partial charge on any atom is -0.394 e. The van der Waals surface area contributed by atoms with Crippen molar-refractivity contribution in [3.8, 4) is 0 Å². The van der Waals surface area contributed by atoms with Gasteiger partial charge in [-0.2, -0.15) is 0 Å². The summed E-state index contributed by atoms with van der Waals surface area (Å²) >= 11 is 0. The lowest BCUT2D eigenvalue weighted by Crippen LogP contribution is -2.51. The van der Waals surface area contributed by atoms with Gasteiger partial charge in [0, 0.05) is 24.2 Å². The third-order valence-electron chi connectivity index (χ3n) is 4.23. The van der Waals surface area contributed by atoms with Gasteiger partial charge in [0.25, 0.3) is 0 Å². The predicted molar refractivity (Wildman–Crippen MR) is 81.5 cm³/mol. The van der Waals surface area contributed by atoms with Crippen LogP contribution in [0.2, 0.25) is 0 Å². The van der Waals surface area contributed by atoms with Crippen LogP contribution in [0.3, 0.4) is 0 Å². The number of nitrogens with zero attached hydrogens (tertiary/aromatic N) is 2. The van der Waals surface area contributed by atoms with Gasteiger partial charge in [-0.15, -0.1) is 0 Å². The summed E-state index contributed by atoms with van der Waals surface area (Å²) in [6.07, 6.45) is 3.63. The molecule has 0 aliphatic carbocycles. The van der Waals surface area contributed by atoms with Crippen LogP contribution in [0.4, 0.5) is 0 Å². The van der Waals surface area contributed by atoms with E-state index in [1.54, 1.807) is 0 Å². The van der Waals surface area contributed by atoms with E-state index < -0.39 is 0 Å². The van der Waals surface area contributed by atoms with Gasteiger partial charge in [0.1, 0.15) is 0 Å². The van der Waals surface area contributed by atoms with Gasteiger partial charge >= 0.3 is 0 Å². The second-order valence-corrected chi connectivity index (χ2v) is 6.81. The molecule has 2 atom stereocenters. The summed E-state index contributed by atoms with van der Waals surface area (Å²) in [4.78, 5) is 4.87. The Morgan fingerprint density at radius 1 is 1.47 bits per heavy atom. The van der Waals surface area contributed by atoms with E-state index in [0.717, 1.165) is 19.5 Å². The Bertz CT molecular complexity index is 260. The third-order valence-corrected chi connectivity index (χ3v) is 4.23. The molecule has 0 amide bonds. The predicted octanol–water partition coefficient (Wildman–Crippen LogP) is 1.15. The van der Waals surface area contributed by atoms with E-state index in [-0.39, 0.29) is 12.1 Å². The number of hydrogen-bond donors (Lipinski definition) is 2. The molecule has 4 heteroatoms. The molecule has 2 N–H and O–H groups in total. The lowest BCUT2D eigenvalue weighted by Gasteiger charge is -2.34. The zero-order valence-corrected chi connectivity index (χ0v) is 13.4. The van der Waals surface area contributed by atoms with Gasteiger partial charge in [-0.25, -0.2) is 0 Å². The summed E-state index contributed by atoms with van der Waals surface area (Å²) in [5.41, 5.74) is -0.163. The fourth-order valence-electron chi connectivity index (χ4n) is 2.99. The lowest BCUT2D eigenvalue weighted by molar-refractivity contribution is 0.136. The zero-order valence-electron chi connectivity index (χ0n) is 13.4. The molecule has 1 aliphatic rings. The van der Waals surface area contributed by atoms with E-state index in [4.69, 9.17) is 0 Å². The van der Waals surface area contributed by atoms with Crippen molar-refractivity contribution in [1.29, 1.82) is 0 Å². The fourth-order valence-corrected chi connectivity index (χ4v) is 2.99. The summed E-state index contributed by atoms with van der Waals surface area (Å²) in [7, 11) is 4.42. The van der Waals surface area contributed by atoms with Crippen molar-refractivity contribution in [2.75, 3.05) is 40.3 Å². The monoisotopic (exact) mass is 271 g/mol. The minimum atomic E-state index is -0.163. The van der Waals surface area contributed by atoms with E-state index in [1.807, 2.05) is 0 Å². The molecule has 0 aromatic carbocycles. The third kappa shape index (κ3) is 5.78. The number of aliphatic hydroxyl groups excluding tert-OH is 1. The van der Waals surface area contributed by atoms with Crippen molar-refractivity contribution in [1.82, 2.24) is 15.1 Å². The molecule has 1 saturated heterocycles. The van der Waals surface area contributed by atoms with Crippen molar-refractivity contribution in [2.45, 2.75) is 57.7 Å². The van der Waals surface area contributed by atoms with Gasteiger partial charge in [-0.1, -0.05) is 13.8 Å². The Hall–Kier alpha value is -0.160. The maximum Gasteiger partial charge on any atom is 0.0611 e. The molecule has 0 spiro atoms. The highest BCUT2D eigenvalue weighted by Gasteiger charge is 2.26. The summed E-state index contributed by atoms with van der Waals surface area (Å²) < 4.78 is 0. The maximum absolute atomic E-state index is 9.58. The van der Waals surface area contributed by atoms with Gasteiger partial charge in [0.05, 0.1) is 6.61 Å². The fraction of sp³-hybridized carbons (Fsp3) is 1.00. The van der Waals surface area contributed by atoms with Crippen LogP contribution in [0.25, 0.3) is 0 Å². The number of likely N-dealkylation sites (tertiary alicyclic amines) is 1. The molecular weight excluding hydrogens is 238 g/mol. The molecule has 114 valence electrons. The van der Waals surface area contributed by atoms with E-state index in [2.05, 4.69) is 50.0 Å². The molecule has 1 rings (SSSR count). The van der Waals surface area contributed by atoms with Gasteiger partial charge < -0.3 is 20.2 Å². The van der Waals surface area contributed by atoms with Crippen LogP contribution in [0.1, 0.15) is 40.0 Å². The standard InChI is InChI=1S/C15H33N3O/c1-13(2)16-15(3,12-19)8-10-17(4)11-14-7-6-9-18(14)5/h13-14,16,19H,6-12H2,1-5H3. The average molecular weight is 271 g/mol. The molecule has 0 aromatic rings. The van der Waals surface area contributed by atoms with Crippen LogP contribution in [0, 0.1) is 0 Å². The first kappa shape index (κ1) is 16.9. The molecule has 0 radical (unpaired) electrons. The molecule has 4 nitrogen and oxygen atoms in total. The average Bonchev–Trinajstić information content (AvgIpc) is 2.72. The summed E-state index contributed by atoms with van der Waals surface area (Å²) in [6, 6.07) is 1.12. The molecule has 2 unspecified atom stereocenters. The number of rotatable bonds is 8. The number of hydrogen-bond acceptors (Lipinski definition) is 4. The molecule has 0 saturated carbocycles. The topological polar surface area (TPSA) is 38.7 Å². The van der Waals surface area contributed by atoms with Crippen molar-refractivity contribution < 1.29 is 5.11 Å². The van der Waals surface area contributed by atoms with Crippen LogP contribution in [-0.4, -0.2) is 72.9 Å². The van der Waals surface area contributed by atoms with E-state index in [0.29, 0.717) is 12.1 Å². The van der Waals surface area contributed by atoms with E-state index in [1.165, 1.54) is 19.4 Å². The second kappa shape index (κ2) is 7.58. The van der Waals surface area contributed by atoms with Crippen molar-refractivity contribution in [2.24, 2.45) is 0 Å². The van der Waals surface area contributed by atoms with E-state index in [9.17, 15) is 5.11 Å². The Morgan fingerprint density at radius 2 is 2.16 bits per heavy atom. The van der Waals surface area contributed by atoms with E-state index >= 15 is 0 Å². The summed E-state index contributed by atoms with van der Waals surface area (Å²) in [5.74, 6) is 0. The van der Waals surface area contributed by atoms with Crippen LogP contribution in [-0.2, 0) is 0 Å². The lowest BCUT2D eigenvalue weighted by atomic mass is 9.97. The highest BCUT2D eigenvalue weighted by atomic mass is 16.3. The smallest absolute Gasteiger partial charge is 0.0611 e. The normalized spacial score (nSPS) is 24.3. The molecule has 0 aromatic heterocycles. The number of likely N-dealkylation sites (N-methyl/N-ethyl adjacent to an activating group) is 2. The Morgan fingerprint density at radius 3 is 2.63 bits per heavy atom. The zero-order chi connectivity index (χ0) is 14.5. The molecular formula is C15H33N3O. The highest BCUT2D eigenvalue weighted by molar-refractivity contribution is 4.86. The van der Waals surface area contributed by atoms with Crippen LogP contribution < -0.4 is 5.32 Å². The summed E-state index contributed by atoms with van der Waals surface area (Å²) in [6.45, 7) is 9.98. The Kier molecular flexibility index (Phi) is 6.74. The molecule has 0 bridgehead atoms. The van der Waals surface area contributed by atoms with Crippen molar-refractivity contribution in [3.63, 3.8) is 0 Å². The van der Waals surface area contributed by atoms with Gasteiger partial charge in [0.2, 0.25) is 0 Å². The minimum absolute atomic E-state index is 0.163. The molecule has 19 heavy (non-hydrogen) atoms. The molecule has 1 aliphatic heterocycles. The second-order valence-electron chi connectivity index (χ2n) is 6.81. The van der Waals surface area contributed by atoms with Crippen molar-refractivity contribution >= 4 is 0 Å². The van der Waals surface area contributed by atoms with Crippen LogP contribution >= 0.6 is 0 Å². The van der Waals surface area contributed by atoms with Gasteiger partial charge in [-0.05, 0) is 53.4 Å². The SMILES string of the molecule is CC(C)NC(C)(CO)CCN(C)CC1CCCN1C. The first-order valence-electron chi connectivity index (χ1n) is 7.63. The molecule has 1 heterocycles. The van der Waals surface area contributed by atoms with Gasteiger partial charge in [-0.3, -0.25) is 0 Å². The Balaban J connectivity index is 2.33. The van der Waals surface area contributed by atoms with Crippen LogP contribution in [0.15, 0.2) is 0 Å². The first-order chi connectivity index (χ1) is 8.86. The number of aliphatic hydroxyl groups is 1. The van der Waals surface area contributed by atoms with Crippen molar-refractivity contribution in [3.05, 3.63) is 0 Å². The first-order valence-corrected chi connectivity index (χ1v) is 7.63. The highest BCUT2D eigenvalue weighted by Crippen LogP contribution is 2.16. The quantitative estimate of drug-likeness (QED) is 0.695. The largest absolute Gasteiger partial charge is 0.394 e. The molecule has 1 fully saturated rings. The Labute approximate surface area is 119 Å². The maximum atomic E-state index is 9.58. The van der Waals surface area contributed by atoms with Crippen LogP contribution in [0.5, 0.6) is 0 Å². The number of nitrogens with one attached hydrogen (secondary N) is 1. The van der Waals surface area contributed by atoms with Gasteiger partial charge in [0.15, 0.2) is 0 Å².